The van der Waals surface area contributed by atoms with Gasteiger partial charge in [-0.3, -0.25) is 4.79 Å². The summed E-state index contributed by atoms with van der Waals surface area (Å²) in [5.74, 6) is 0.711. The molecule has 2 atom stereocenters. The first-order chi connectivity index (χ1) is 9.18. The van der Waals surface area contributed by atoms with Crippen molar-refractivity contribution in [3.05, 3.63) is 30.3 Å². The number of para-hydroxylation sites is 1. The average molecular weight is 262 g/mol. The number of carbonyl (C=O) groups is 1. The number of benzene rings is 1. The molecule has 104 valence electrons. The first kappa shape index (κ1) is 13.9. The molecule has 0 saturated heterocycles. The summed E-state index contributed by atoms with van der Waals surface area (Å²) in [6.07, 6.45) is 4.31. The van der Waals surface area contributed by atoms with Gasteiger partial charge in [0.15, 0.2) is 6.61 Å². The molecule has 0 heterocycles. The van der Waals surface area contributed by atoms with Gasteiger partial charge in [-0.1, -0.05) is 31.0 Å². The first-order valence-corrected chi connectivity index (χ1v) is 6.87. The van der Waals surface area contributed by atoms with E-state index in [4.69, 9.17) is 10.5 Å². The van der Waals surface area contributed by atoms with E-state index >= 15 is 0 Å². The number of nitrogens with two attached hydrogens (primary N) is 1. The second-order valence-electron chi connectivity index (χ2n) is 5.12. The Kier molecular flexibility index (Phi) is 4.80. The highest BCUT2D eigenvalue weighted by Crippen LogP contribution is 2.21. The third-order valence-electron chi connectivity index (χ3n) is 3.78. The van der Waals surface area contributed by atoms with Gasteiger partial charge in [-0.15, -0.1) is 0 Å². The predicted octanol–water partition coefficient (Wildman–Crippen LogP) is 1.79. The van der Waals surface area contributed by atoms with Gasteiger partial charge in [-0.2, -0.15) is 0 Å². The standard InChI is InChI=1S/C15H22N2O2/c1-17(14-10-6-5-9-13(14)16)15(18)11-19-12-7-3-2-4-8-12/h2-4,7-8,13-14H,5-6,9-11,16H2,1H3. The molecule has 0 radical (unpaired) electrons. The van der Waals surface area contributed by atoms with E-state index in [0.717, 1.165) is 25.0 Å². The second-order valence-corrected chi connectivity index (χ2v) is 5.12. The van der Waals surface area contributed by atoms with Crippen LogP contribution in [0.5, 0.6) is 5.75 Å². The van der Waals surface area contributed by atoms with E-state index in [1.807, 2.05) is 37.4 Å². The maximum atomic E-state index is 12.1. The van der Waals surface area contributed by atoms with Gasteiger partial charge in [0.25, 0.3) is 5.91 Å². The van der Waals surface area contributed by atoms with Crippen LogP contribution in [0.3, 0.4) is 0 Å². The van der Waals surface area contributed by atoms with Gasteiger partial charge in [-0.25, -0.2) is 0 Å². The minimum Gasteiger partial charge on any atom is -0.484 e. The summed E-state index contributed by atoms with van der Waals surface area (Å²) in [7, 11) is 1.83. The minimum atomic E-state index is -0.00815. The van der Waals surface area contributed by atoms with Crippen molar-refractivity contribution >= 4 is 5.91 Å². The van der Waals surface area contributed by atoms with Crippen LogP contribution in [0.4, 0.5) is 0 Å². The summed E-state index contributed by atoms with van der Waals surface area (Å²) in [5, 5.41) is 0. The van der Waals surface area contributed by atoms with Gasteiger partial charge < -0.3 is 15.4 Å². The second kappa shape index (κ2) is 6.57. The molecule has 2 unspecified atom stereocenters. The lowest BCUT2D eigenvalue weighted by Gasteiger charge is -2.35. The molecule has 1 aliphatic rings. The molecule has 0 spiro atoms. The van der Waals surface area contributed by atoms with E-state index in [1.54, 1.807) is 4.90 Å². The maximum Gasteiger partial charge on any atom is 0.260 e. The largest absolute Gasteiger partial charge is 0.484 e. The number of ether oxygens (including phenoxy) is 1. The molecule has 0 bridgehead atoms. The fourth-order valence-electron chi connectivity index (χ4n) is 2.57. The molecule has 1 aliphatic carbocycles. The Morgan fingerprint density at radius 2 is 2.00 bits per heavy atom. The smallest absolute Gasteiger partial charge is 0.260 e. The molecular weight excluding hydrogens is 240 g/mol. The number of carbonyl (C=O) groups excluding carboxylic acids is 1. The number of rotatable bonds is 4. The highest BCUT2D eigenvalue weighted by Gasteiger charge is 2.28. The molecule has 4 nitrogen and oxygen atoms in total. The summed E-state index contributed by atoms with van der Waals surface area (Å²) < 4.78 is 5.48. The maximum absolute atomic E-state index is 12.1. The average Bonchev–Trinajstić information content (AvgIpc) is 2.45. The molecule has 1 aromatic rings. The van der Waals surface area contributed by atoms with Crippen LogP contribution < -0.4 is 10.5 Å². The molecule has 1 saturated carbocycles. The van der Waals surface area contributed by atoms with Crippen molar-refractivity contribution in [2.75, 3.05) is 13.7 Å². The summed E-state index contributed by atoms with van der Waals surface area (Å²) in [6.45, 7) is 0.0731. The molecule has 2 rings (SSSR count). The van der Waals surface area contributed by atoms with E-state index in [1.165, 1.54) is 6.42 Å². The molecule has 4 heteroatoms. The Bertz CT molecular complexity index is 408. The number of hydrogen-bond acceptors (Lipinski definition) is 3. The highest BCUT2D eigenvalue weighted by atomic mass is 16.5. The van der Waals surface area contributed by atoms with Crippen LogP contribution >= 0.6 is 0 Å². The zero-order valence-electron chi connectivity index (χ0n) is 11.4. The monoisotopic (exact) mass is 262 g/mol. The Morgan fingerprint density at radius 3 is 2.68 bits per heavy atom. The summed E-state index contributed by atoms with van der Waals surface area (Å²) in [5.41, 5.74) is 6.09. The van der Waals surface area contributed by atoms with Crippen molar-refractivity contribution in [1.82, 2.24) is 4.90 Å². The predicted molar refractivity (Wildman–Crippen MR) is 74.9 cm³/mol. The van der Waals surface area contributed by atoms with E-state index in [9.17, 15) is 4.79 Å². The van der Waals surface area contributed by atoms with Gasteiger partial charge in [0.1, 0.15) is 5.75 Å². The lowest BCUT2D eigenvalue weighted by Crippen LogP contribution is -2.51. The van der Waals surface area contributed by atoms with Crippen molar-refractivity contribution < 1.29 is 9.53 Å². The van der Waals surface area contributed by atoms with Crippen LogP contribution in [0.15, 0.2) is 30.3 Å². The number of amides is 1. The van der Waals surface area contributed by atoms with Gasteiger partial charge in [-0.05, 0) is 25.0 Å². The summed E-state index contributed by atoms with van der Waals surface area (Å²) in [4.78, 5) is 13.9. The summed E-state index contributed by atoms with van der Waals surface area (Å²) >= 11 is 0. The molecule has 1 aromatic carbocycles. The zero-order valence-corrected chi connectivity index (χ0v) is 11.4. The van der Waals surface area contributed by atoms with E-state index in [0.29, 0.717) is 0 Å². The fourth-order valence-corrected chi connectivity index (χ4v) is 2.57. The van der Waals surface area contributed by atoms with Crippen molar-refractivity contribution in [2.45, 2.75) is 37.8 Å². The zero-order chi connectivity index (χ0) is 13.7. The van der Waals surface area contributed by atoms with Crippen LogP contribution in [0, 0.1) is 0 Å². The van der Waals surface area contributed by atoms with E-state index in [-0.39, 0.29) is 24.6 Å². The van der Waals surface area contributed by atoms with Gasteiger partial charge >= 0.3 is 0 Å². The van der Waals surface area contributed by atoms with Gasteiger partial charge in [0.2, 0.25) is 0 Å². The minimum absolute atomic E-state index is 0.00815. The van der Waals surface area contributed by atoms with Crippen LogP contribution in [0.1, 0.15) is 25.7 Å². The molecule has 2 N–H and O–H groups in total. The molecule has 0 aromatic heterocycles. The molecule has 1 amide bonds. The molecule has 1 fully saturated rings. The van der Waals surface area contributed by atoms with Gasteiger partial charge in [0.05, 0.1) is 0 Å². The Balaban J connectivity index is 1.85. The SMILES string of the molecule is CN(C(=O)COc1ccccc1)C1CCCCC1N. The third kappa shape index (κ3) is 3.70. The quantitative estimate of drug-likeness (QED) is 0.900. The van der Waals surface area contributed by atoms with E-state index < -0.39 is 0 Å². The van der Waals surface area contributed by atoms with Crippen LogP contribution in [0.2, 0.25) is 0 Å². The summed E-state index contributed by atoms with van der Waals surface area (Å²) in [6, 6.07) is 9.64. The third-order valence-corrected chi connectivity index (χ3v) is 3.78. The Hall–Kier alpha value is -1.55. The highest BCUT2D eigenvalue weighted by molar-refractivity contribution is 5.77. The molecule has 0 aliphatic heterocycles. The number of likely N-dealkylation sites (N-methyl/N-ethyl adjacent to an activating group) is 1. The van der Waals surface area contributed by atoms with Crippen molar-refractivity contribution in [3.63, 3.8) is 0 Å². The topological polar surface area (TPSA) is 55.6 Å². The van der Waals surface area contributed by atoms with Crippen molar-refractivity contribution in [2.24, 2.45) is 5.73 Å². The number of nitrogens with zero attached hydrogens (tertiary/aromatic N) is 1. The van der Waals surface area contributed by atoms with Crippen LogP contribution in [0.25, 0.3) is 0 Å². The van der Waals surface area contributed by atoms with E-state index in [2.05, 4.69) is 0 Å². The Morgan fingerprint density at radius 1 is 1.32 bits per heavy atom. The van der Waals surface area contributed by atoms with Gasteiger partial charge in [0, 0.05) is 19.1 Å². The van der Waals surface area contributed by atoms with Crippen molar-refractivity contribution in [1.29, 1.82) is 0 Å². The molecular formula is C15H22N2O2. The first-order valence-electron chi connectivity index (χ1n) is 6.87. The van der Waals surface area contributed by atoms with Crippen LogP contribution in [-0.4, -0.2) is 36.5 Å². The van der Waals surface area contributed by atoms with Crippen LogP contribution in [-0.2, 0) is 4.79 Å². The number of hydrogen-bond donors (Lipinski definition) is 1. The lowest BCUT2D eigenvalue weighted by atomic mass is 9.90. The fraction of sp³-hybridized carbons (Fsp3) is 0.533. The lowest BCUT2D eigenvalue weighted by molar-refractivity contribution is -0.135. The van der Waals surface area contributed by atoms with Crippen molar-refractivity contribution in [3.8, 4) is 5.75 Å². The Labute approximate surface area is 114 Å². The normalized spacial score (nSPS) is 22.8. The molecule has 19 heavy (non-hydrogen) atoms.